The smallest absolute Gasteiger partial charge is 0.261 e. The number of fused-ring (bicyclic) bond motifs is 2. The number of hydrogen-bond acceptors (Lipinski definition) is 4. The van der Waals surface area contributed by atoms with Crippen molar-refractivity contribution in [1.82, 2.24) is 19.8 Å². The Morgan fingerprint density at radius 1 is 1.28 bits per heavy atom. The number of carbonyl (C=O) groups excluding carboxylic acids is 1. The molecule has 7 heteroatoms. The number of rotatable bonds is 5. The molecular formula is C22H23ClN4O2. The summed E-state index contributed by atoms with van der Waals surface area (Å²) in [6.07, 6.45) is 1.73. The van der Waals surface area contributed by atoms with Crippen LogP contribution in [-0.2, 0) is 13.0 Å². The van der Waals surface area contributed by atoms with E-state index in [2.05, 4.69) is 10.3 Å². The summed E-state index contributed by atoms with van der Waals surface area (Å²) in [7, 11) is 3.90. The van der Waals surface area contributed by atoms with E-state index in [0.717, 1.165) is 24.2 Å². The number of nitrogens with one attached hydrogen (secondary N) is 1. The van der Waals surface area contributed by atoms with Crippen LogP contribution in [0.3, 0.4) is 0 Å². The number of hydrogen-bond donors (Lipinski definition) is 1. The first-order valence-electron chi connectivity index (χ1n) is 9.68. The molecule has 3 aromatic rings. The summed E-state index contributed by atoms with van der Waals surface area (Å²) < 4.78 is 1.73. The first-order chi connectivity index (χ1) is 14.0. The van der Waals surface area contributed by atoms with E-state index in [9.17, 15) is 9.59 Å². The third-order valence-electron chi connectivity index (χ3n) is 5.42. The van der Waals surface area contributed by atoms with E-state index in [1.54, 1.807) is 22.8 Å². The Morgan fingerprint density at radius 3 is 2.83 bits per heavy atom. The van der Waals surface area contributed by atoms with Crippen molar-refractivity contribution in [3.8, 4) is 0 Å². The number of nitrogens with zero attached hydrogens (tertiary/aromatic N) is 3. The number of aromatic nitrogens is 2. The Labute approximate surface area is 174 Å². The summed E-state index contributed by atoms with van der Waals surface area (Å²) in [5.74, 6) is 0.597. The Kier molecular flexibility index (Phi) is 5.39. The highest BCUT2D eigenvalue weighted by Gasteiger charge is 2.20. The molecule has 0 unspecified atom stereocenters. The lowest BCUT2D eigenvalue weighted by Crippen LogP contribution is -2.34. The normalized spacial score (nSPS) is 14.2. The fourth-order valence-corrected chi connectivity index (χ4v) is 4.09. The van der Waals surface area contributed by atoms with Gasteiger partial charge in [0.15, 0.2) is 0 Å². The first-order valence-corrected chi connectivity index (χ1v) is 10.1. The molecule has 29 heavy (non-hydrogen) atoms. The van der Waals surface area contributed by atoms with Gasteiger partial charge in [-0.15, -0.1) is 0 Å². The lowest BCUT2D eigenvalue weighted by molar-refractivity contribution is 0.0942. The third-order valence-corrected chi connectivity index (χ3v) is 5.77. The summed E-state index contributed by atoms with van der Waals surface area (Å²) >= 11 is 6.34. The summed E-state index contributed by atoms with van der Waals surface area (Å²) in [5, 5.41) is 4.21. The summed E-state index contributed by atoms with van der Waals surface area (Å²) in [5.41, 5.74) is 2.00. The van der Waals surface area contributed by atoms with Gasteiger partial charge in [-0.2, -0.15) is 0 Å². The number of halogens is 1. The molecule has 0 saturated carbocycles. The highest BCUT2D eigenvalue weighted by molar-refractivity contribution is 6.31. The Balaban J connectivity index is 1.56. The number of aryl methyl sites for hydroxylation is 1. The van der Waals surface area contributed by atoms with Gasteiger partial charge in [0.1, 0.15) is 5.82 Å². The standard InChI is InChI=1S/C22H23ClN4O2/c1-26(2)19(15-6-3-4-7-17(15)23)13-24-21(28)14-9-10-16-18(12-14)25-20-8-5-11-27(20)22(16)29/h3-4,6-7,9-10,12,19H,5,8,11,13H2,1-2H3,(H,24,28)/t19-/m0/s1. The Hall–Kier alpha value is -2.70. The van der Waals surface area contributed by atoms with Crippen LogP contribution in [0.2, 0.25) is 5.02 Å². The van der Waals surface area contributed by atoms with Crippen LogP contribution in [0.1, 0.15) is 34.2 Å². The molecule has 0 saturated heterocycles. The molecule has 6 nitrogen and oxygen atoms in total. The Morgan fingerprint density at radius 2 is 2.07 bits per heavy atom. The van der Waals surface area contributed by atoms with Crippen LogP contribution >= 0.6 is 11.6 Å². The van der Waals surface area contributed by atoms with Crippen LogP contribution in [0.4, 0.5) is 0 Å². The fourth-order valence-electron chi connectivity index (χ4n) is 3.83. The first kappa shape index (κ1) is 19.6. The number of carbonyl (C=O) groups is 1. The van der Waals surface area contributed by atoms with E-state index in [0.29, 0.717) is 34.6 Å². The molecule has 0 radical (unpaired) electrons. The Bertz CT molecular complexity index is 1140. The van der Waals surface area contributed by atoms with Crippen molar-refractivity contribution in [2.75, 3.05) is 20.6 Å². The largest absolute Gasteiger partial charge is 0.350 e. The van der Waals surface area contributed by atoms with Crippen molar-refractivity contribution >= 4 is 28.4 Å². The number of benzene rings is 2. The molecule has 0 bridgehead atoms. The van der Waals surface area contributed by atoms with Gasteiger partial charge in [-0.1, -0.05) is 29.8 Å². The maximum atomic E-state index is 12.8. The van der Waals surface area contributed by atoms with Crippen LogP contribution in [0.5, 0.6) is 0 Å². The molecule has 150 valence electrons. The fraction of sp³-hybridized carbons (Fsp3) is 0.318. The molecule has 1 aliphatic rings. The molecule has 1 atom stereocenters. The minimum Gasteiger partial charge on any atom is -0.350 e. The van der Waals surface area contributed by atoms with E-state index in [1.807, 2.05) is 43.3 Å². The van der Waals surface area contributed by atoms with Crippen molar-refractivity contribution in [2.45, 2.75) is 25.4 Å². The third kappa shape index (κ3) is 3.78. The molecular weight excluding hydrogens is 388 g/mol. The summed E-state index contributed by atoms with van der Waals surface area (Å²) in [6.45, 7) is 1.13. The second-order valence-corrected chi connectivity index (χ2v) is 7.94. The number of likely N-dealkylation sites (N-methyl/N-ethyl adjacent to an activating group) is 1. The molecule has 1 amide bonds. The van der Waals surface area contributed by atoms with Crippen molar-refractivity contribution in [3.05, 3.63) is 74.8 Å². The zero-order valence-corrected chi connectivity index (χ0v) is 17.2. The van der Waals surface area contributed by atoms with Gasteiger partial charge in [0.25, 0.3) is 11.5 Å². The predicted octanol–water partition coefficient (Wildman–Crippen LogP) is 3.03. The van der Waals surface area contributed by atoms with Gasteiger partial charge < -0.3 is 10.2 Å². The van der Waals surface area contributed by atoms with Crippen LogP contribution < -0.4 is 10.9 Å². The lowest BCUT2D eigenvalue weighted by Gasteiger charge is -2.26. The molecule has 0 aliphatic carbocycles. The zero-order chi connectivity index (χ0) is 20.5. The van der Waals surface area contributed by atoms with Gasteiger partial charge in [-0.25, -0.2) is 4.98 Å². The van der Waals surface area contributed by atoms with Crippen LogP contribution in [0.25, 0.3) is 10.9 Å². The monoisotopic (exact) mass is 410 g/mol. The summed E-state index contributed by atoms with van der Waals surface area (Å²) in [6, 6.07) is 12.7. The van der Waals surface area contributed by atoms with Gasteiger partial charge >= 0.3 is 0 Å². The van der Waals surface area contributed by atoms with Gasteiger partial charge in [-0.05, 0) is 50.3 Å². The van der Waals surface area contributed by atoms with Crippen LogP contribution in [0, 0.1) is 0 Å². The maximum absolute atomic E-state index is 12.8. The van der Waals surface area contributed by atoms with Gasteiger partial charge in [0, 0.05) is 30.1 Å². The van der Waals surface area contributed by atoms with Gasteiger partial charge in [0.05, 0.1) is 16.9 Å². The van der Waals surface area contributed by atoms with Crippen molar-refractivity contribution in [3.63, 3.8) is 0 Å². The molecule has 0 fully saturated rings. The average Bonchev–Trinajstić information content (AvgIpc) is 3.17. The van der Waals surface area contributed by atoms with Gasteiger partial charge in [0.2, 0.25) is 0 Å². The molecule has 1 N–H and O–H groups in total. The highest BCUT2D eigenvalue weighted by Crippen LogP contribution is 2.25. The van der Waals surface area contributed by atoms with Gasteiger partial charge in [-0.3, -0.25) is 14.2 Å². The number of amides is 1. The van der Waals surface area contributed by atoms with E-state index < -0.39 is 0 Å². The molecule has 0 spiro atoms. The van der Waals surface area contributed by atoms with E-state index in [-0.39, 0.29) is 17.5 Å². The average molecular weight is 411 g/mol. The van der Waals surface area contributed by atoms with Crippen molar-refractivity contribution in [2.24, 2.45) is 0 Å². The topological polar surface area (TPSA) is 67.2 Å². The SMILES string of the molecule is CN(C)[C@@H](CNC(=O)c1ccc2c(=O)n3c(nc2c1)CCC3)c1ccccc1Cl. The van der Waals surface area contributed by atoms with Crippen molar-refractivity contribution in [1.29, 1.82) is 0 Å². The van der Waals surface area contributed by atoms with Crippen molar-refractivity contribution < 1.29 is 4.79 Å². The zero-order valence-electron chi connectivity index (χ0n) is 16.5. The molecule has 2 aromatic carbocycles. The molecule has 1 aromatic heterocycles. The van der Waals surface area contributed by atoms with E-state index in [4.69, 9.17) is 11.6 Å². The highest BCUT2D eigenvalue weighted by atomic mass is 35.5. The minimum atomic E-state index is -0.201. The second kappa shape index (κ2) is 7.97. The minimum absolute atomic E-state index is 0.0270. The van der Waals surface area contributed by atoms with Crippen LogP contribution in [0.15, 0.2) is 47.3 Å². The maximum Gasteiger partial charge on any atom is 0.261 e. The molecule has 4 rings (SSSR count). The van der Waals surface area contributed by atoms with Crippen LogP contribution in [-0.4, -0.2) is 41.0 Å². The quantitative estimate of drug-likeness (QED) is 0.702. The van der Waals surface area contributed by atoms with E-state index >= 15 is 0 Å². The summed E-state index contributed by atoms with van der Waals surface area (Å²) in [4.78, 5) is 32.0. The molecule has 2 heterocycles. The second-order valence-electron chi connectivity index (χ2n) is 7.53. The lowest BCUT2D eigenvalue weighted by atomic mass is 10.1. The molecule has 1 aliphatic heterocycles. The predicted molar refractivity (Wildman–Crippen MR) is 115 cm³/mol. The van der Waals surface area contributed by atoms with E-state index in [1.165, 1.54) is 0 Å².